The van der Waals surface area contributed by atoms with Crippen LogP contribution in [-0.4, -0.2) is 11.7 Å². The van der Waals surface area contributed by atoms with Crippen molar-refractivity contribution in [2.45, 2.75) is 43.0 Å². The maximum atomic E-state index is 12.2. The van der Waals surface area contributed by atoms with E-state index in [-0.39, 0.29) is 17.9 Å². The minimum absolute atomic E-state index is 0.232. The maximum Gasteiger partial charge on any atom is 0.223 e. The molecular weight excluding hydrogens is 242 g/mol. The zero-order valence-corrected chi connectivity index (χ0v) is 11.3. The summed E-state index contributed by atoms with van der Waals surface area (Å²) in [6.07, 6.45) is 5.65. The average Bonchev–Trinajstić information content (AvgIpc) is 2.93. The number of hydrogen-bond acceptors (Lipinski definition) is 2. The van der Waals surface area contributed by atoms with E-state index in [9.17, 15) is 4.79 Å². The van der Waals surface area contributed by atoms with Crippen LogP contribution in [-0.2, 0) is 4.79 Å². The number of amides is 1. The lowest BCUT2D eigenvalue weighted by Gasteiger charge is -2.27. The molecule has 2 nitrogen and oxygen atoms in total. The van der Waals surface area contributed by atoms with Crippen molar-refractivity contribution in [3.05, 3.63) is 29.8 Å². The molecule has 1 aliphatic carbocycles. The monoisotopic (exact) mass is 261 g/mol. The van der Waals surface area contributed by atoms with Crippen molar-refractivity contribution in [1.29, 1.82) is 0 Å². The maximum absolute atomic E-state index is 12.2. The van der Waals surface area contributed by atoms with E-state index in [1.54, 1.807) is 0 Å². The molecule has 1 saturated carbocycles. The fourth-order valence-corrected chi connectivity index (χ4v) is 4.09. The Kier molecular flexibility index (Phi) is 3.59. The zero-order chi connectivity index (χ0) is 12.4. The van der Waals surface area contributed by atoms with Gasteiger partial charge < -0.3 is 5.32 Å². The Bertz CT molecular complexity index is 440. The third kappa shape index (κ3) is 2.41. The molecule has 1 aliphatic heterocycles. The molecular formula is C15H19NOS. The smallest absolute Gasteiger partial charge is 0.223 e. The van der Waals surface area contributed by atoms with Gasteiger partial charge in [0.25, 0.3) is 0 Å². The summed E-state index contributed by atoms with van der Waals surface area (Å²) < 4.78 is 0. The number of hydrogen-bond donors (Lipinski definition) is 1. The summed E-state index contributed by atoms with van der Waals surface area (Å²) in [6, 6.07) is 8.69. The lowest BCUT2D eigenvalue weighted by Crippen LogP contribution is -2.34. The molecule has 0 spiro atoms. The van der Waals surface area contributed by atoms with Crippen LogP contribution in [0, 0.1) is 5.92 Å². The van der Waals surface area contributed by atoms with Crippen LogP contribution in [0.1, 0.15) is 43.7 Å². The molecule has 1 heterocycles. The summed E-state index contributed by atoms with van der Waals surface area (Å²) in [7, 11) is 0. The molecule has 0 radical (unpaired) electrons. The van der Waals surface area contributed by atoms with Gasteiger partial charge in [-0.2, -0.15) is 0 Å². The first kappa shape index (κ1) is 12.1. The van der Waals surface area contributed by atoms with Gasteiger partial charge in [0.05, 0.1) is 6.04 Å². The molecule has 1 aromatic rings. The number of carbonyl (C=O) groups excluding carboxylic acids is 1. The lowest BCUT2D eigenvalue weighted by molar-refractivity contribution is -0.125. The lowest BCUT2D eigenvalue weighted by atomic mass is 10.0. The van der Waals surface area contributed by atoms with Crippen molar-refractivity contribution in [2.75, 3.05) is 5.75 Å². The molecule has 0 aromatic heterocycles. The molecule has 3 heteroatoms. The molecule has 18 heavy (non-hydrogen) atoms. The molecule has 1 amide bonds. The normalized spacial score (nSPS) is 23.7. The molecule has 0 bridgehead atoms. The third-order valence-corrected chi connectivity index (χ3v) is 5.12. The number of nitrogens with one attached hydrogen (secondary N) is 1. The molecule has 96 valence electrons. The van der Waals surface area contributed by atoms with Crippen LogP contribution < -0.4 is 5.32 Å². The number of rotatable bonds is 2. The molecule has 1 fully saturated rings. The van der Waals surface area contributed by atoms with Crippen LogP contribution in [0.4, 0.5) is 0 Å². The van der Waals surface area contributed by atoms with Gasteiger partial charge in [0.1, 0.15) is 0 Å². The van der Waals surface area contributed by atoms with E-state index in [1.165, 1.54) is 23.3 Å². The summed E-state index contributed by atoms with van der Waals surface area (Å²) >= 11 is 1.90. The summed E-state index contributed by atoms with van der Waals surface area (Å²) in [6.45, 7) is 0. The fourth-order valence-electron chi connectivity index (χ4n) is 2.97. The Morgan fingerprint density at radius 2 is 1.94 bits per heavy atom. The number of carbonyl (C=O) groups is 1. The van der Waals surface area contributed by atoms with E-state index < -0.39 is 0 Å². The quantitative estimate of drug-likeness (QED) is 0.882. The van der Waals surface area contributed by atoms with Crippen molar-refractivity contribution >= 4 is 17.7 Å². The van der Waals surface area contributed by atoms with E-state index in [2.05, 4.69) is 29.6 Å². The molecule has 2 aliphatic rings. The Balaban J connectivity index is 1.72. The van der Waals surface area contributed by atoms with Gasteiger partial charge in [0.2, 0.25) is 5.91 Å². The van der Waals surface area contributed by atoms with Crippen molar-refractivity contribution in [3.8, 4) is 0 Å². The Labute approximate surface area is 113 Å². The Morgan fingerprint density at radius 3 is 2.78 bits per heavy atom. The zero-order valence-electron chi connectivity index (χ0n) is 10.5. The predicted octanol–water partition coefficient (Wildman–Crippen LogP) is 3.53. The summed E-state index contributed by atoms with van der Waals surface area (Å²) in [5.41, 5.74) is 1.31. The van der Waals surface area contributed by atoms with Gasteiger partial charge in [-0.15, -0.1) is 11.8 Å². The van der Waals surface area contributed by atoms with E-state index in [4.69, 9.17) is 0 Å². The topological polar surface area (TPSA) is 29.1 Å². The van der Waals surface area contributed by atoms with Crippen LogP contribution in [0.3, 0.4) is 0 Å². The highest BCUT2D eigenvalue weighted by molar-refractivity contribution is 7.99. The largest absolute Gasteiger partial charge is 0.349 e. The minimum atomic E-state index is 0.232. The second kappa shape index (κ2) is 5.35. The molecule has 1 aromatic carbocycles. The van der Waals surface area contributed by atoms with Crippen molar-refractivity contribution in [2.24, 2.45) is 5.92 Å². The highest BCUT2D eigenvalue weighted by atomic mass is 32.2. The second-order valence-corrected chi connectivity index (χ2v) is 6.35. The third-order valence-electron chi connectivity index (χ3n) is 4.00. The first-order valence-electron chi connectivity index (χ1n) is 6.87. The first-order valence-corrected chi connectivity index (χ1v) is 7.85. The van der Waals surface area contributed by atoms with Crippen LogP contribution in [0.25, 0.3) is 0 Å². The van der Waals surface area contributed by atoms with Gasteiger partial charge in [-0.05, 0) is 30.9 Å². The number of fused-ring (bicyclic) bond motifs is 1. The highest BCUT2D eigenvalue weighted by Gasteiger charge is 2.27. The molecule has 1 atom stereocenters. The standard InChI is InChI=1S/C15H19NOS/c17-15(11-5-1-2-6-11)16-13-9-10-18-14-8-4-3-7-12(13)14/h3-4,7-8,11,13H,1-2,5-6,9-10H2,(H,16,17). The van der Waals surface area contributed by atoms with Gasteiger partial charge in [-0.25, -0.2) is 0 Å². The SMILES string of the molecule is O=C(NC1CCSc2ccccc21)C1CCCC1. The van der Waals surface area contributed by atoms with Crippen LogP contribution in [0.2, 0.25) is 0 Å². The summed E-state index contributed by atoms with van der Waals surface area (Å²) in [4.78, 5) is 13.5. The molecule has 1 unspecified atom stereocenters. The van der Waals surface area contributed by atoms with Crippen molar-refractivity contribution < 1.29 is 4.79 Å². The van der Waals surface area contributed by atoms with Gasteiger partial charge in [0, 0.05) is 16.6 Å². The van der Waals surface area contributed by atoms with Crippen LogP contribution in [0.5, 0.6) is 0 Å². The Morgan fingerprint density at radius 1 is 1.17 bits per heavy atom. The molecule has 3 rings (SSSR count). The highest BCUT2D eigenvalue weighted by Crippen LogP contribution is 2.36. The predicted molar refractivity (Wildman–Crippen MR) is 74.6 cm³/mol. The van der Waals surface area contributed by atoms with E-state index in [0.29, 0.717) is 0 Å². The van der Waals surface area contributed by atoms with Gasteiger partial charge >= 0.3 is 0 Å². The van der Waals surface area contributed by atoms with E-state index in [0.717, 1.165) is 25.0 Å². The van der Waals surface area contributed by atoms with Gasteiger partial charge in [-0.1, -0.05) is 31.0 Å². The number of thioether (sulfide) groups is 1. The summed E-state index contributed by atoms with van der Waals surface area (Å²) in [5, 5.41) is 3.26. The molecule has 0 saturated heterocycles. The molecule has 1 N–H and O–H groups in total. The second-order valence-electron chi connectivity index (χ2n) is 5.22. The van der Waals surface area contributed by atoms with Crippen molar-refractivity contribution in [1.82, 2.24) is 5.32 Å². The minimum Gasteiger partial charge on any atom is -0.349 e. The average molecular weight is 261 g/mol. The van der Waals surface area contributed by atoms with Crippen LogP contribution in [0.15, 0.2) is 29.2 Å². The van der Waals surface area contributed by atoms with Crippen molar-refractivity contribution in [3.63, 3.8) is 0 Å². The number of benzene rings is 1. The summed E-state index contributed by atoms with van der Waals surface area (Å²) in [5.74, 6) is 1.65. The first-order chi connectivity index (χ1) is 8.84. The fraction of sp³-hybridized carbons (Fsp3) is 0.533. The Hall–Kier alpha value is -0.960. The van der Waals surface area contributed by atoms with E-state index >= 15 is 0 Å². The van der Waals surface area contributed by atoms with Gasteiger partial charge in [0.15, 0.2) is 0 Å². The van der Waals surface area contributed by atoms with Gasteiger partial charge in [-0.3, -0.25) is 4.79 Å². The van der Waals surface area contributed by atoms with E-state index in [1.807, 2.05) is 11.8 Å². The van der Waals surface area contributed by atoms with Crippen LogP contribution >= 0.6 is 11.8 Å².